The Hall–Kier alpha value is -4.01. The van der Waals surface area contributed by atoms with Crippen molar-refractivity contribution in [3.05, 3.63) is 48.9 Å². The van der Waals surface area contributed by atoms with Crippen LogP contribution in [0.2, 0.25) is 0 Å². The summed E-state index contributed by atoms with van der Waals surface area (Å²) in [6, 6.07) is 9.87. The van der Waals surface area contributed by atoms with Gasteiger partial charge in [-0.3, -0.25) is 9.78 Å². The number of oxazole rings is 1. The molecular weight excluding hydrogens is 454 g/mol. The van der Waals surface area contributed by atoms with Crippen LogP contribution in [0, 0.1) is 5.92 Å². The Labute approximate surface area is 209 Å². The molecule has 1 atom stereocenters. The quantitative estimate of drug-likeness (QED) is 0.424. The van der Waals surface area contributed by atoms with Gasteiger partial charge in [-0.15, -0.1) is 0 Å². The average molecular weight is 484 g/mol. The summed E-state index contributed by atoms with van der Waals surface area (Å²) in [4.78, 5) is 35.2. The number of amides is 1. The van der Waals surface area contributed by atoms with Gasteiger partial charge in [0.25, 0.3) is 0 Å². The van der Waals surface area contributed by atoms with Crippen molar-refractivity contribution < 1.29 is 9.21 Å². The van der Waals surface area contributed by atoms with Crippen molar-refractivity contribution in [1.29, 1.82) is 0 Å². The number of nitrogens with zero attached hydrogens (tertiary/aromatic N) is 6. The molecule has 0 spiro atoms. The maximum Gasteiger partial charge on any atom is 0.231 e. The number of pyridine rings is 1. The third-order valence-electron chi connectivity index (χ3n) is 7.19. The number of benzene rings is 1. The summed E-state index contributed by atoms with van der Waals surface area (Å²) in [7, 11) is 1.82. The van der Waals surface area contributed by atoms with Gasteiger partial charge in [0.2, 0.25) is 17.7 Å². The van der Waals surface area contributed by atoms with Crippen molar-refractivity contribution in [2.75, 3.05) is 28.7 Å². The lowest BCUT2D eigenvalue weighted by Gasteiger charge is -2.35. The lowest BCUT2D eigenvalue weighted by molar-refractivity contribution is -0.121. The minimum Gasteiger partial charge on any atom is -0.436 e. The molecule has 1 amide bonds. The van der Waals surface area contributed by atoms with Crippen LogP contribution in [0.15, 0.2) is 53.3 Å². The Morgan fingerprint density at radius 2 is 1.86 bits per heavy atom. The first-order chi connectivity index (χ1) is 17.6. The van der Waals surface area contributed by atoms with Gasteiger partial charge in [0.05, 0.1) is 12.1 Å². The van der Waals surface area contributed by atoms with Crippen LogP contribution in [-0.4, -0.2) is 45.5 Å². The molecule has 0 bridgehead atoms. The van der Waals surface area contributed by atoms with Crippen LogP contribution >= 0.6 is 0 Å². The molecule has 4 heterocycles. The van der Waals surface area contributed by atoms with Crippen LogP contribution in [0.5, 0.6) is 0 Å². The van der Waals surface area contributed by atoms with Gasteiger partial charge >= 0.3 is 0 Å². The Morgan fingerprint density at radius 3 is 2.67 bits per heavy atom. The molecule has 184 valence electrons. The van der Waals surface area contributed by atoms with E-state index in [2.05, 4.69) is 25.2 Å². The topological polar surface area (TPSA) is 100 Å². The minimum atomic E-state index is -0.105. The zero-order valence-electron chi connectivity index (χ0n) is 20.5. The summed E-state index contributed by atoms with van der Waals surface area (Å²) < 4.78 is 5.92. The minimum absolute atomic E-state index is 0.0975. The number of hydrogen-bond acceptors (Lipinski definition) is 8. The highest BCUT2D eigenvalue weighted by molar-refractivity contribution is 5.98. The predicted octanol–water partition coefficient (Wildman–Crippen LogP) is 5.18. The summed E-state index contributed by atoms with van der Waals surface area (Å²) >= 11 is 0. The summed E-state index contributed by atoms with van der Waals surface area (Å²) in [6.45, 7) is 2.67. The van der Waals surface area contributed by atoms with Crippen molar-refractivity contribution in [1.82, 2.24) is 19.9 Å². The van der Waals surface area contributed by atoms with Crippen LogP contribution in [0.1, 0.15) is 39.0 Å². The normalized spacial score (nSPS) is 18.8. The summed E-state index contributed by atoms with van der Waals surface area (Å²) in [5, 5.41) is 3.33. The third kappa shape index (κ3) is 4.14. The number of hydrogen-bond donors (Lipinski definition) is 1. The number of carbonyl (C=O) groups excluding carboxylic acids is 1. The first kappa shape index (κ1) is 22.5. The van der Waals surface area contributed by atoms with Crippen LogP contribution < -0.4 is 15.1 Å². The molecule has 1 saturated carbocycles. The second-order valence-electron chi connectivity index (χ2n) is 9.71. The molecule has 36 heavy (non-hydrogen) atoms. The number of fused-ring (bicyclic) bond motifs is 2. The van der Waals surface area contributed by atoms with Gasteiger partial charge in [-0.1, -0.05) is 26.2 Å². The molecule has 3 aromatic heterocycles. The highest BCUT2D eigenvalue weighted by atomic mass is 16.3. The molecule has 1 unspecified atom stereocenters. The highest BCUT2D eigenvalue weighted by Gasteiger charge is 2.34. The summed E-state index contributed by atoms with van der Waals surface area (Å²) in [5.74, 6) is 1.85. The zero-order valence-corrected chi connectivity index (χ0v) is 20.5. The SMILES string of the molecule is CC1CN(C2CCCCC2)c2nc(Nc3ccc4oc(-c5ccncc5)nc4c3)ncc2N(C)C1=O. The summed E-state index contributed by atoms with van der Waals surface area (Å²) in [5.41, 5.74) is 3.89. The van der Waals surface area contributed by atoms with E-state index in [-0.39, 0.29) is 11.8 Å². The van der Waals surface area contributed by atoms with Gasteiger partial charge in [-0.05, 0) is 43.2 Å². The maximum atomic E-state index is 12.9. The van der Waals surface area contributed by atoms with Crippen LogP contribution in [0.3, 0.4) is 0 Å². The number of nitrogens with one attached hydrogen (secondary N) is 1. The van der Waals surface area contributed by atoms with E-state index < -0.39 is 0 Å². The Kier molecular flexibility index (Phi) is 5.75. The molecule has 1 aliphatic carbocycles. The standard InChI is InChI=1S/C27H29N7O2/c1-17-16-34(20-6-4-3-5-7-20)24-22(33(2)26(17)35)15-29-27(32-24)30-19-8-9-23-21(14-19)31-25(36-23)18-10-12-28-13-11-18/h8-15,17,20H,3-7,16H2,1-2H3,(H,29,30,32). The molecule has 0 saturated heterocycles. The first-order valence-electron chi connectivity index (χ1n) is 12.6. The van der Waals surface area contributed by atoms with E-state index in [4.69, 9.17) is 9.40 Å². The van der Waals surface area contributed by atoms with Crippen molar-refractivity contribution >= 4 is 40.1 Å². The van der Waals surface area contributed by atoms with E-state index in [1.807, 2.05) is 44.3 Å². The van der Waals surface area contributed by atoms with Crippen molar-refractivity contribution in [3.8, 4) is 11.5 Å². The molecule has 4 aromatic rings. The largest absolute Gasteiger partial charge is 0.436 e. The number of aromatic nitrogens is 4. The van der Waals surface area contributed by atoms with Crippen molar-refractivity contribution in [3.63, 3.8) is 0 Å². The van der Waals surface area contributed by atoms with E-state index in [1.54, 1.807) is 23.5 Å². The van der Waals surface area contributed by atoms with Crippen molar-refractivity contribution in [2.45, 2.75) is 45.1 Å². The number of carbonyl (C=O) groups is 1. The number of anilines is 4. The first-order valence-corrected chi connectivity index (χ1v) is 12.6. The molecule has 2 aliphatic rings. The van der Waals surface area contributed by atoms with Gasteiger partial charge in [-0.25, -0.2) is 9.97 Å². The zero-order chi connectivity index (χ0) is 24.6. The Balaban J connectivity index is 1.32. The molecule has 9 heteroatoms. The molecule has 1 aliphatic heterocycles. The second kappa shape index (κ2) is 9.22. The van der Waals surface area contributed by atoms with E-state index in [0.29, 0.717) is 30.0 Å². The van der Waals surface area contributed by atoms with E-state index in [0.717, 1.165) is 41.1 Å². The van der Waals surface area contributed by atoms with Gasteiger partial charge in [0.1, 0.15) is 11.2 Å². The van der Waals surface area contributed by atoms with Gasteiger partial charge in [0, 0.05) is 43.3 Å². The highest BCUT2D eigenvalue weighted by Crippen LogP contribution is 2.37. The number of rotatable bonds is 4. The fourth-order valence-corrected chi connectivity index (χ4v) is 5.25. The molecule has 0 radical (unpaired) electrons. The smallest absolute Gasteiger partial charge is 0.231 e. The van der Waals surface area contributed by atoms with E-state index in [9.17, 15) is 4.79 Å². The van der Waals surface area contributed by atoms with Crippen LogP contribution in [0.25, 0.3) is 22.6 Å². The average Bonchev–Trinajstić information content (AvgIpc) is 3.32. The molecule has 9 nitrogen and oxygen atoms in total. The van der Waals surface area contributed by atoms with E-state index in [1.165, 1.54) is 19.3 Å². The predicted molar refractivity (Wildman–Crippen MR) is 139 cm³/mol. The molecule has 1 N–H and O–H groups in total. The second-order valence-corrected chi connectivity index (χ2v) is 9.71. The Bertz CT molecular complexity index is 1400. The third-order valence-corrected chi connectivity index (χ3v) is 7.19. The van der Waals surface area contributed by atoms with Gasteiger partial charge in [0.15, 0.2) is 11.4 Å². The molecule has 6 rings (SSSR count). The maximum absolute atomic E-state index is 12.9. The molecule has 1 aromatic carbocycles. The Morgan fingerprint density at radius 1 is 1.06 bits per heavy atom. The molecule has 1 fully saturated rings. The van der Waals surface area contributed by atoms with E-state index >= 15 is 0 Å². The van der Waals surface area contributed by atoms with Crippen molar-refractivity contribution in [2.24, 2.45) is 5.92 Å². The van der Waals surface area contributed by atoms with Crippen LogP contribution in [0.4, 0.5) is 23.1 Å². The van der Waals surface area contributed by atoms with Crippen LogP contribution in [-0.2, 0) is 4.79 Å². The molecular formula is C27H29N7O2. The lowest BCUT2D eigenvalue weighted by atomic mass is 9.93. The fraction of sp³-hybridized carbons (Fsp3) is 0.370. The van der Waals surface area contributed by atoms with Gasteiger partial charge in [-0.2, -0.15) is 4.98 Å². The monoisotopic (exact) mass is 483 g/mol. The summed E-state index contributed by atoms with van der Waals surface area (Å²) in [6.07, 6.45) is 11.1. The fourth-order valence-electron chi connectivity index (χ4n) is 5.25. The lowest BCUT2D eigenvalue weighted by Crippen LogP contribution is -2.41. The van der Waals surface area contributed by atoms with Gasteiger partial charge < -0.3 is 19.5 Å².